The first kappa shape index (κ1) is 14.9. The number of thioether (sulfide) groups is 1. The molecule has 0 atom stereocenters. The zero-order chi connectivity index (χ0) is 16.2. The minimum atomic E-state index is -0.580. The van der Waals surface area contributed by atoms with E-state index in [4.69, 9.17) is 10.3 Å². The average Bonchev–Trinajstić information content (AvgIpc) is 3.16. The smallest absolute Gasteiger partial charge is 0.401 e. The van der Waals surface area contributed by atoms with Crippen molar-refractivity contribution in [2.24, 2.45) is 0 Å². The molecule has 0 aliphatic heterocycles. The number of aromatic nitrogens is 2. The Hall–Kier alpha value is -3.00. The van der Waals surface area contributed by atoms with Crippen LogP contribution in [0.4, 0.5) is 5.88 Å². The van der Waals surface area contributed by atoms with Crippen LogP contribution in [0.2, 0.25) is 0 Å². The Morgan fingerprint density at radius 1 is 1.26 bits per heavy atom. The average molecular weight is 328 g/mol. The topological polar surface area (TPSA) is 100 Å². The number of hydrogen-bond donors (Lipinski definition) is 1. The molecule has 2 heterocycles. The largest absolute Gasteiger partial charge is 0.433 e. The first-order valence-corrected chi connectivity index (χ1v) is 7.49. The van der Waals surface area contributed by atoms with E-state index < -0.39 is 4.92 Å². The quantitative estimate of drug-likeness (QED) is 0.333. The molecule has 0 bridgehead atoms. The molecular formula is C15H12N4O3S. The van der Waals surface area contributed by atoms with Gasteiger partial charge in [0, 0.05) is 5.56 Å². The lowest BCUT2D eigenvalue weighted by molar-refractivity contribution is -0.402. The van der Waals surface area contributed by atoms with Gasteiger partial charge < -0.3 is 10.3 Å². The molecule has 8 heteroatoms. The highest BCUT2D eigenvalue weighted by atomic mass is 32.2. The molecule has 0 fully saturated rings. The summed E-state index contributed by atoms with van der Waals surface area (Å²) < 4.78 is 6.46. The van der Waals surface area contributed by atoms with Crippen LogP contribution < -0.4 is 5.84 Å². The second kappa shape index (κ2) is 6.41. The van der Waals surface area contributed by atoms with Crippen LogP contribution >= 0.6 is 11.8 Å². The van der Waals surface area contributed by atoms with Gasteiger partial charge in [-0.3, -0.25) is 10.1 Å². The third-order valence-corrected chi connectivity index (χ3v) is 3.75. The van der Waals surface area contributed by atoms with Crippen molar-refractivity contribution in [2.75, 3.05) is 5.84 Å². The number of nitrogens with two attached hydrogens (primary N) is 1. The Morgan fingerprint density at radius 2 is 2.04 bits per heavy atom. The molecule has 3 rings (SSSR count). The summed E-state index contributed by atoms with van der Waals surface area (Å²) in [5, 5.41) is 12.9. The van der Waals surface area contributed by atoms with Gasteiger partial charge in [-0.2, -0.15) is 0 Å². The van der Waals surface area contributed by atoms with Gasteiger partial charge in [0.25, 0.3) is 0 Å². The molecule has 0 radical (unpaired) electrons. The lowest BCUT2D eigenvalue weighted by Crippen LogP contribution is -2.06. The van der Waals surface area contributed by atoms with Crippen molar-refractivity contribution in [1.82, 2.24) is 9.66 Å². The predicted octanol–water partition coefficient (Wildman–Crippen LogP) is 3.53. The molecule has 0 aliphatic carbocycles. The Balaban J connectivity index is 1.72. The van der Waals surface area contributed by atoms with Crippen LogP contribution in [0.15, 0.2) is 63.6 Å². The van der Waals surface area contributed by atoms with Crippen molar-refractivity contribution < 1.29 is 9.34 Å². The van der Waals surface area contributed by atoms with Gasteiger partial charge in [-0.1, -0.05) is 42.1 Å². The molecule has 0 unspecified atom stereocenters. The lowest BCUT2D eigenvalue weighted by atomic mass is 10.2. The van der Waals surface area contributed by atoms with Gasteiger partial charge in [0.15, 0.2) is 5.16 Å². The number of benzene rings is 1. The fraction of sp³-hybridized carbons (Fsp3) is 0. The molecule has 23 heavy (non-hydrogen) atoms. The molecule has 2 N–H and O–H groups in total. The molecule has 0 aliphatic rings. The maximum atomic E-state index is 10.5. The van der Waals surface area contributed by atoms with Crippen molar-refractivity contribution in [3.05, 3.63) is 69.9 Å². The maximum absolute atomic E-state index is 10.5. The number of hydrogen-bond acceptors (Lipinski definition) is 6. The van der Waals surface area contributed by atoms with Crippen molar-refractivity contribution in [3.8, 4) is 11.3 Å². The molecule has 0 amide bonds. The minimum Gasteiger partial charge on any atom is -0.401 e. The Morgan fingerprint density at radius 3 is 2.74 bits per heavy atom. The third-order valence-electron chi connectivity index (χ3n) is 2.97. The second-order valence-corrected chi connectivity index (χ2v) is 5.41. The van der Waals surface area contributed by atoms with Gasteiger partial charge in [-0.25, -0.2) is 9.66 Å². The van der Waals surface area contributed by atoms with E-state index in [-0.39, 0.29) is 5.88 Å². The summed E-state index contributed by atoms with van der Waals surface area (Å²) in [4.78, 5) is 14.4. The van der Waals surface area contributed by atoms with Crippen LogP contribution in [0.1, 0.15) is 5.76 Å². The summed E-state index contributed by atoms with van der Waals surface area (Å²) in [6, 6.07) is 12.5. The summed E-state index contributed by atoms with van der Waals surface area (Å²) in [6.07, 6.45) is 3.36. The number of imidazole rings is 1. The van der Waals surface area contributed by atoms with Crippen LogP contribution in [0, 0.1) is 10.1 Å². The Labute approximate surface area is 135 Å². The van der Waals surface area contributed by atoms with E-state index in [1.54, 1.807) is 17.7 Å². The molecule has 0 saturated carbocycles. The van der Waals surface area contributed by atoms with Gasteiger partial charge in [-0.05, 0) is 17.6 Å². The Bertz CT molecular complexity index is 855. The lowest BCUT2D eigenvalue weighted by Gasteiger charge is -1.94. The van der Waals surface area contributed by atoms with Crippen LogP contribution in [0.3, 0.4) is 0 Å². The molecule has 0 spiro atoms. The highest BCUT2D eigenvalue weighted by Gasteiger charge is 2.10. The van der Waals surface area contributed by atoms with E-state index in [0.29, 0.717) is 10.9 Å². The molecule has 1 aromatic carbocycles. The second-order valence-electron chi connectivity index (χ2n) is 4.54. The van der Waals surface area contributed by atoms with Crippen molar-refractivity contribution in [3.63, 3.8) is 0 Å². The van der Waals surface area contributed by atoms with Crippen molar-refractivity contribution >= 4 is 23.7 Å². The number of nitrogens with zero attached hydrogens (tertiary/aromatic N) is 3. The number of rotatable bonds is 5. The van der Waals surface area contributed by atoms with Gasteiger partial charge in [0.05, 0.1) is 18.0 Å². The van der Waals surface area contributed by atoms with Gasteiger partial charge in [-0.15, -0.1) is 0 Å². The van der Waals surface area contributed by atoms with Gasteiger partial charge in [0.1, 0.15) is 10.7 Å². The highest BCUT2D eigenvalue weighted by Crippen LogP contribution is 2.24. The normalized spacial score (nSPS) is 11.1. The fourth-order valence-corrected chi connectivity index (χ4v) is 2.55. The van der Waals surface area contributed by atoms with Crippen LogP contribution in [-0.4, -0.2) is 14.6 Å². The first-order chi connectivity index (χ1) is 11.1. The maximum Gasteiger partial charge on any atom is 0.433 e. The van der Waals surface area contributed by atoms with E-state index in [1.165, 1.54) is 28.6 Å². The van der Waals surface area contributed by atoms with Crippen LogP contribution in [0.25, 0.3) is 17.3 Å². The molecule has 7 nitrogen and oxygen atoms in total. The zero-order valence-electron chi connectivity index (χ0n) is 11.8. The molecule has 0 saturated heterocycles. The zero-order valence-corrected chi connectivity index (χ0v) is 12.6. The van der Waals surface area contributed by atoms with E-state index in [1.807, 2.05) is 30.3 Å². The number of nitrogen functional groups attached to an aromatic ring is 1. The van der Waals surface area contributed by atoms with Crippen molar-refractivity contribution in [2.45, 2.75) is 5.16 Å². The summed E-state index contributed by atoms with van der Waals surface area (Å²) in [5.74, 6) is 5.99. The molecule has 3 aromatic rings. The SMILES string of the molecule is Nn1cc(-c2ccccc2)nc1S/C=C\c1ccc([N+](=O)[O-])o1. The molecule has 116 valence electrons. The van der Waals surface area contributed by atoms with E-state index >= 15 is 0 Å². The summed E-state index contributed by atoms with van der Waals surface area (Å²) in [7, 11) is 0. The van der Waals surface area contributed by atoms with Crippen LogP contribution in [0.5, 0.6) is 0 Å². The van der Waals surface area contributed by atoms with Gasteiger partial charge in [0.2, 0.25) is 0 Å². The first-order valence-electron chi connectivity index (χ1n) is 6.61. The fourth-order valence-electron chi connectivity index (χ4n) is 1.90. The number of furan rings is 1. The predicted molar refractivity (Wildman–Crippen MR) is 88.1 cm³/mol. The highest BCUT2D eigenvalue weighted by molar-refractivity contribution is 8.02. The standard InChI is InChI=1S/C15H12N4O3S/c16-18-10-13(11-4-2-1-3-5-11)17-15(18)23-9-8-12-6-7-14(22-12)19(20)21/h1-10H,16H2/b9-8-. The van der Waals surface area contributed by atoms with Crippen molar-refractivity contribution in [1.29, 1.82) is 0 Å². The molecule has 2 aromatic heterocycles. The summed E-state index contributed by atoms with van der Waals surface area (Å²) >= 11 is 1.29. The van der Waals surface area contributed by atoms with E-state index in [9.17, 15) is 10.1 Å². The molecular weight excluding hydrogens is 316 g/mol. The Kier molecular flexibility index (Phi) is 4.15. The monoisotopic (exact) mass is 328 g/mol. The van der Waals surface area contributed by atoms with E-state index in [0.717, 1.165) is 11.3 Å². The minimum absolute atomic E-state index is 0.290. The summed E-state index contributed by atoms with van der Waals surface area (Å²) in [6.45, 7) is 0. The van der Waals surface area contributed by atoms with E-state index in [2.05, 4.69) is 4.98 Å². The van der Waals surface area contributed by atoms with Gasteiger partial charge >= 0.3 is 5.88 Å². The number of nitro groups is 1. The summed E-state index contributed by atoms with van der Waals surface area (Å²) in [5.41, 5.74) is 1.75. The third kappa shape index (κ3) is 3.43. The van der Waals surface area contributed by atoms with Crippen LogP contribution in [-0.2, 0) is 0 Å².